The highest BCUT2D eigenvalue weighted by Gasteiger charge is 2.19. The van der Waals surface area contributed by atoms with Gasteiger partial charge in [0.15, 0.2) is 6.10 Å². The molecule has 0 bridgehead atoms. The van der Waals surface area contributed by atoms with Crippen LogP contribution in [-0.4, -0.2) is 37.2 Å². The maximum Gasteiger partial charge on any atom is 0.306 e. The topological polar surface area (TPSA) is 78.9 Å². The molecule has 0 heterocycles. The molecule has 0 amide bonds. The molecule has 0 aromatic heterocycles. The van der Waals surface area contributed by atoms with E-state index < -0.39 is 12.1 Å². The van der Waals surface area contributed by atoms with E-state index in [1.165, 1.54) is 57.8 Å². The van der Waals surface area contributed by atoms with Crippen molar-refractivity contribution in [3.8, 4) is 0 Å². The summed E-state index contributed by atoms with van der Waals surface area (Å²) in [6, 6.07) is 0. The lowest BCUT2D eigenvalue weighted by molar-refractivity contribution is -0.166. The Morgan fingerprint density at radius 1 is 0.304 bits per heavy atom. The molecule has 69 heavy (non-hydrogen) atoms. The van der Waals surface area contributed by atoms with Crippen molar-refractivity contribution in [2.24, 2.45) is 0 Å². The Bertz CT molecular complexity index is 1510. The average Bonchev–Trinajstić information content (AvgIpc) is 3.35. The molecule has 0 aromatic rings. The highest BCUT2D eigenvalue weighted by atomic mass is 16.6. The zero-order chi connectivity index (χ0) is 50.0. The molecule has 0 aliphatic rings. The first-order valence-electron chi connectivity index (χ1n) is 27.7. The second-order valence-electron chi connectivity index (χ2n) is 17.7. The molecule has 0 aliphatic heterocycles. The molecule has 1 unspecified atom stereocenters. The van der Waals surface area contributed by atoms with Crippen LogP contribution < -0.4 is 0 Å². The summed E-state index contributed by atoms with van der Waals surface area (Å²) < 4.78 is 16.7. The second-order valence-corrected chi connectivity index (χ2v) is 17.7. The van der Waals surface area contributed by atoms with Crippen molar-refractivity contribution in [3.05, 3.63) is 134 Å². The van der Waals surface area contributed by atoms with Crippen molar-refractivity contribution in [1.82, 2.24) is 0 Å². The minimum atomic E-state index is -0.840. The number of ether oxygens (including phenoxy) is 3. The van der Waals surface area contributed by atoms with Crippen LogP contribution in [0.25, 0.3) is 0 Å². The van der Waals surface area contributed by atoms with Gasteiger partial charge in [0.2, 0.25) is 0 Å². The van der Waals surface area contributed by atoms with Crippen molar-refractivity contribution >= 4 is 17.9 Å². The van der Waals surface area contributed by atoms with Crippen LogP contribution in [-0.2, 0) is 28.6 Å². The van der Waals surface area contributed by atoms with Crippen LogP contribution in [0.15, 0.2) is 134 Å². The highest BCUT2D eigenvalue weighted by Crippen LogP contribution is 2.12. The summed E-state index contributed by atoms with van der Waals surface area (Å²) in [5.74, 6) is -1.06. The van der Waals surface area contributed by atoms with Crippen molar-refractivity contribution in [2.45, 2.75) is 232 Å². The van der Waals surface area contributed by atoms with Crippen molar-refractivity contribution < 1.29 is 28.6 Å². The van der Waals surface area contributed by atoms with Crippen LogP contribution in [0.4, 0.5) is 0 Å². The predicted octanol–water partition coefficient (Wildman–Crippen LogP) is 18.6. The standard InChI is InChI=1S/C63H100O6/c1-4-7-10-13-16-19-22-25-28-31-32-33-36-38-41-44-47-50-53-56-62(65)68-59-60(69-63(66)57-54-51-48-45-42-39-35-30-27-24-21-18-15-12-9-6-3)58-67-61(64)55-52-49-46-43-40-37-34-29-26-23-20-17-14-11-8-5-2/h7,9-10,12,16,18-19,21,25,27-30,32-34,38-39,41-42,48,51,60H,4-6,8,11,13-15,17,20,22-24,26,31,35-37,40,43-47,49-50,52-59H2,1-3H3/b10-7-,12-9-,19-16-,21-18-,28-25-,30-27-,33-32-,34-29-,41-38-,42-39-,51-48-. The molecule has 388 valence electrons. The molecule has 6 nitrogen and oxygen atoms in total. The Morgan fingerprint density at radius 2 is 0.594 bits per heavy atom. The number of rotatable bonds is 48. The number of esters is 3. The van der Waals surface area contributed by atoms with Gasteiger partial charge in [0.25, 0.3) is 0 Å². The molecule has 1 atom stereocenters. The van der Waals surface area contributed by atoms with Gasteiger partial charge in [-0.2, -0.15) is 0 Å². The molecule has 0 fully saturated rings. The Balaban J connectivity index is 4.58. The summed E-state index contributed by atoms with van der Waals surface area (Å²) in [5.41, 5.74) is 0. The molecular formula is C63H100O6. The van der Waals surface area contributed by atoms with Gasteiger partial charge >= 0.3 is 17.9 Å². The maximum atomic E-state index is 12.8. The molecule has 0 saturated heterocycles. The van der Waals surface area contributed by atoms with Gasteiger partial charge in [0.05, 0.1) is 0 Å². The van der Waals surface area contributed by atoms with Gasteiger partial charge in [-0.15, -0.1) is 0 Å². The number of hydrogen-bond acceptors (Lipinski definition) is 6. The summed E-state index contributed by atoms with van der Waals surface area (Å²) in [5, 5.41) is 0. The fourth-order valence-corrected chi connectivity index (χ4v) is 7.04. The Hall–Kier alpha value is -4.45. The Kier molecular flexibility index (Phi) is 52.5. The van der Waals surface area contributed by atoms with E-state index in [0.29, 0.717) is 19.3 Å². The maximum absolute atomic E-state index is 12.8. The van der Waals surface area contributed by atoms with E-state index in [4.69, 9.17) is 14.2 Å². The first-order valence-corrected chi connectivity index (χ1v) is 27.7. The van der Waals surface area contributed by atoms with Crippen molar-refractivity contribution in [3.63, 3.8) is 0 Å². The summed E-state index contributed by atoms with van der Waals surface area (Å²) in [7, 11) is 0. The van der Waals surface area contributed by atoms with Crippen LogP contribution >= 0.6 is 0 Å². The van der Waals surface area contributed by atoms with Crippen LogP contribution in [0.2, 0.25) is 0 Å². The minimum absolute atomic E-state index is 0.127. The normalized spacial score (nSPS) is 13.1. The summed E-state index contributed by atoms with van der Waals surface area (Å²) in [6.45, 7) is 6.30. The van der Waals surface area contributed by atoms with E-state index in [1.807, 2.05) is 12.2 Å². The van der Waals surface area contributed by atoms with Crippen LogP contribution in [0, 0.1) is 0 Å². The molecule has 0 saturated carbocycles. The Labute approximate surface area is 424 Å². The van der Waals surface area contributed by atoms with Gasteiger partial charge in [-0.1, -0.05) is 219 Å². The second kappa shape index (κ2) is 56.1. The monoisotopic (exact) mass is 953 g/mol. The van der Waals surface area contributed by atoms with Crippen LogP contribution in [0.1, 0.15) is 226 Å². The van der Waals surface area contributed by atoms with E-state index in [2.05, 4.69) is 142 Å². The van der Waals surface area contributed by atoms with Gasteiger partial charge in [-0.05, 0) is 122 Å². The quantitative estimate of drug-likeness (QED) is 0.0262. The van der Waals surface area contributed by atoms with E-state index in [1.54, 1.807) is 0 Å². The molecule has 0 spiro atoms. The minimum Gasteiger partial charge on any atom is -0.462 e. The largest absolute Gasteiger partial charge is 0.462 e. The number of hydrogen-bond donors (Lipinski definition) is 0. The number of unbranched alkanes of at least 4 members (excludes halogenated alkanes) is 15. The number of carbonyl (C=O) groups is 3. The number of carbonyl (C=O) groups excluding carboxylic acids is 3. The fraction of sp³-hybridized carbons (Fsp3) is 0.603. The Morgan fingerprint density at radius 3 is 0.971 bits per heavy atom. The molecule has 0 radical (unpaired) electrons. The van der Waals surface area contributed by atoms with E-state index in [-0.39, 0.29) is 31.6 Å². The molecular weight excluding hydrogens is 853 g/mol. The summed E-state index contributed by atoms with van der Waals surface area (Å²) in [4.78, 5) is 38.1. The molecule has 0 N–H and O–H groups in total. The summed E-state index contributed by atoms with van der Waals surface area (Å²) in [6.07, 6.45) is 78.8. The fourth-order valence-electron chi connectivity index (χ4n) is 7.04. The van der Waals surface area contributed by atoms with E-state index >= 15 is 0 Å². The SMILES string of the molecule is CC/C=C\C/C=C\C/C=C\C/C=C\C/C=C\CCCCCC(=O)OCC(COC(=O)CCCCCCC/C=C\CCCCCCCCC)OC(=O)CC/C=C\C/C=C\C/C=C\C/C=C\C/C=C\CC. The van der Waals surface area contributed by atoms with Gasteiger partial charge in [-0.3, -0.25) is 14.4 Å². The smallest absolute Gasteiger partial charge is 0.306 e. The van der Waals surface area contributed by atoms with Gasteiger partial charge in [0.1, 0.15) is 13.2 Å². The van der Waals surface area contributed by atoms with E-state index in [0.717, 1.165) is 122 Å². The lowest BCUT2D eigenvalue weighted by Crippen LogP contribution is -2.30. The molecule has 0 aromatic carbocycles. The highest BCUT2D eigenvalue weighted by molar-refractivity contribution is 5.71. The van der Waals surface area contributed by atoms with Crippen molar-refractivity contribution in [1.29, 1.82) is 0 Å². The number of allylic oxidation sites excluding steroid dienone is 22. The predicted molar refractivity (Wildman–Crippen MR) is 297 cm³/mol. The van der Waals surface area contributed by atoms with Crippen molar-refractivity contribution in [2.75, 3.05) is 13.2 Å². The lowest BCUT2D eigenvalue weighted by Gasteiger charge is -2.18. The zero-order valence-electron chi connectivity index (χ0n) is 44.3. The third-order valence-corrected chi connectivity index (χ3v) is 11.1. The van der Waals surface area contributed by atoms with Gasteiger partial charge in [-0.25, -0.2) is 0 Å². The zero-order valence-corrected chi connectivity index (χ0v) is 44.3. The lowest BCUT2D eigenvalue weighted by atomic mass is 10.1. The first-order chi connectivity index (χ1) is 34.0. The van der Waals surface area contributed by atoms with Crippen LogP contribution in [0.5, 0.6) is 0 Å². The van der Waals surface area contributed by atoms with Gasteiger partial charge in [0, 0.05) is 19.3 Å². The summed E-state index contributed by atoms with van der Waals surface area (Å²) >= 11 is 0. The van der Waals surface area contributed by atoms with Crippen LogP contribution in [0.3, 0.4) is 0 Å². The third kappa shape index (κ3) is 54.4. The molecule has 0 rings (SSSR count). The van der Waals surface area contributed by atoms with Gasteiger partial charge < -0.3 is 14.2 Å². The van der Waals surface area contributed by atoms with E-state index in [9.17, 15) is 14.4 Å². The first kappa shape index (κ1) is 64.5. The molecule has 6 heteroatoms. The third-order valence-electron chi connectivity index (χ3n) is 11.1. The molecule has 0 aliphatic carbocycles. The average molecular weight is 953 g/mol.